The van der Waals surface area contributed by atoms with E-state index in [4.69, 9.17) is 14.2 Å². The molecule has 1 saturated carbocycles. The molecule has 2 aliphatic heterocycles. The molecule has 4 heteroatoms. The summed E-state index contributed by atoms with van der Waals surface area (Å²) in [5, 5.41) is 0. The number of piperidine rings is 1. The van der Waals surface area contributed by atoms with Crippen molar-refractivity contribution in [1.82, 2.24) is 4.90 Å². The first-order valence-electron chi connectivity index (χ1n) is 10.5. The second-order valence-corrected chi connectivity index (χ2v) is 9.59. The monoisotopic (exact) mass is 371 g/mol. The summed E-state index contributed by atoms with van der Waals surface area (Å²) in [6, 6.07) is 4.94. The number of likely N-dealkylation sites (tertiary alicyclic amines) is 1. The molecule has 6 atom stereocenters. The molecule has 2 aliphatic carbocycles. The van der Waals surface area contributed by atoms with Crippen LogP contribution in [-0.4, -0.2) is 50.5 Å². The van der Waals surface area contributed by atoms with Gasteiger partial charge in [-0.2, -0.15) is 0 Å². The number of nitrogens with zero attached hydrogens (tertiary/aromatic N) is 1. The van der Waals surface area contributed by atoms with Crippen LogP contribution in [0.15, 0.2) is 12.1 Å². The number of hydrogen-bond donors (Lipinski definition) is 0. The van der Waals surface area contributed by atoms with Crippen LogP contribution in [0.25, 0.3) is 0 Å². The van der Waals surface area contributed by atoms with Crippen LogP contribution in [0.2, 0.25) is 0 Å². The van der Waals surface area contributed by atoms with Gasteiger partial charge in [-0.25, -0.2) is 0 Å². The summed E-state index contributed by atoms with van der Waals surface area (Å²) in [4.78, 5) is 2.60. The maximum absolute atomic E-state index is 6.90. The lowest BCUT2D eigenvalue weighted by molar-refractivity contribution is -0.227. The summed E-state index contributed by atoms with van der Waals surface area (Å²) in [5.41, 5.74) is 2.85. The van der Waals surface area contributed by atoms with Gasteiger partial charge in [0.1, 0.15) is 11.7 Å². The topological polar surface area (TPSA) is 30.9 Å². The predicted molar refractivity (Wildman–Crippen MR) is 106 cm³/mol. The number of methoxy groups -OCH3 is 2. The second-order valence-electron chi connectivity index (χ2n) is 9.59. The Balaban J connectivity index is 1.84. The van der Waals surface area contributed by atoms with Gasteiger partial charge in [-0.3, -0.25) is 0 Å². The number of hydrogen-bond acceptors (Lipinski definition) is 4. The fraction of sp³-hybridized carbons (Fsp3) is 0.739. The zero-order valence-corrected chi connectivity index (χ0v) is 17.6. The van der Waals surface area contributed by atoms with Crippen molar-refractivity contribution in [2.75, 3.05) is 27.8 Å². The number of likely N-dealkylation sites (N-methyl/N-ethyl adjacent to an activating group) is 1. The Bertz CT molecular complexity index is 788. The Morgan fingerprint density at radius 3 is 2.74 bits per heavy atom. The summed E-state index contributed by atoms with van der Waals surface area (Å²) in [6.45, 7) is 8.29. The van der Waals surface area contributed by atoms with Crippen molar-refractivity contribution >= 4 is 0 Å². The number of rotatable bonds is 3. The Morgan fingerprint density at radius 2 is 2.07 bits per heavy atom. The van der Waals surface area contributed by atoms with E-state index in [2.05, 4.69) is 44.9 Å². The molecule has 1 aromatic carbocycles. The van der Waals surface area contributed by atoms with Crippen LogP contribution in [0.5, 0.6) is 11.5 Å². The minimum Gasteiger partial charge on any atom is -0.493 e. The number of benzene rings is 1. The van der Waals surface area contributed by atoms with Crippen molar-refractivity contribution in [3.63, 3.8) is 0 Å². The molecule has 3 unspecified atom stereocenters. The van der Waals surface area contributed by atoms with Crippen LogP contribution in [-0.2, 0) is 16.6 Å². The third kappa shape index (κ3) is 1.74. The molecule has 1 aromatic rings. The molecule has 148 valence electrons. The lowest BCUT2D eigenvalue weighted by Gasteiger charge is -2.68. The van der Waals surface area contributed by atoms with Gasteiger partial charge < -0.3 is 19.1 Å². The lowest BCUT2D eigenvalue weighted by atomic mass is 9.40. The van der Waals surface area contributed by atoms with E-state index in [1.165, 1.54) is 17.5 Å². The first kappa shape index (κ1) is 17.8. The summed E-state index contributed by atoms with van der Waals surface area (Å²) < 4.78 is 19.0. The van der Waals surface area contributed by atoms with E-state index in [0.717, 1.165) is 37.3 Å². The van der Waals surface area contributed by atoms with Crippen LogP contribution in [0, 0.1) is 11.3 Å². The molecule has 2 fully saturated rings. The van der Waals surface area contributed by atoms with Gasteiger partial charge in [0.15, 0.2) is 11.5 Å². The molecule has 0 amide bonds. The van der Waals surface area contributed by atoms with Crippen molar-refractivity contribution in [2.45, 2.75) is 69.6 Å². The van der Waals surface area contributed by atoms with Gasteiger partial charge in [0.25, 0.3) is 0 Å². The molecular weight excluding hydrogens is 338 g/mol. The summed E-state index contributed by atoms with van der Waals surface area (Å²) in [7, 11) is 5.96. The Labute approximate surface area is 163 Å². The largest absolute Gasteiger partial charge is 0.493 e. The van der Waals surface area contributed by atoms with E-state index in [1.807, 2.05) is 7.11 Å². The average molecular weight is 372 g/mol. The molecular formula is C23H33NO3. The lowest BCUT2D eigenvalue weighted by Crippen LogP contribution is -2.76. The normalized spacial score (nSPS) is 44.6. The maximum atomic E-state index is 6.90. The second kappa shape index (κ2) is 5.42. The molecule has 2 heterocycles. The van der Waals surface area contributed by atoms with E-state index < -0.39 is 0 Å². The molecule has 2 bridgehead atoms. The SMILES string of the molecule is CC[C@]1(OC)C2Oc3c(OC)ccc4c3C23CCN(C)C(C4)[C@]3(C)C[C@H]1C. The third-order valence-corrected chi connectivity index (χ3v) is 9.06. The fourth-order valence-corrected chi connectivity index (χ4v) is 7.79. The van der Waals surface area contributed by atoms with Crippen LogP contribution in [0.3, 0.4) is 0 Å². The highest BCUT2D eigenvalue weighted by Crippen LogP contribution is 2.71. The van der Waals surface area contributed by atoms with Crippen LogP contribution < -0.4 is 9.47 Å². The van der Waals surface area contributed by atoms with E-state index >= 15 is 0 Å². The molecule has 0 aromatic heterocycles. The molecule has 0 N–H and O–H groups in total. The van der Waals surface area contributed by atoms with E-state index in [0.29, 0.717) is 12.0 Å². The van der Waals surface area contributed by atoms with Gasteiger partial charge in [-0.1, -0.05) is 26.8 Å². The van der Waals surface area contributed by atoms with Gasteiger partial charge in [0.05, 0.1) is 7.11 Å². The zero-order valence-electron chi connectivity index (χ0n) is 17.6. The Morgan fingerprint density at radius 1 is 1.30 bits per heavy atom. The van der Waals surface area contributed by atoms with Crippen molar-refractivity contribution in [2.24, 2.45) is 11.3 Å². The molecule has 1 saturated heterocycles. The van der Waals surface area contributed by atoms with Crippen LogP contribution in [0.1, 0.15) is 51.2 Å². The van der Waals surface area contributed by atoms with Gasteiger partial charge in [-0.05, 0) is 62.2 Å². The minimum absolute atomic E-state index is 0.0141. The summed E-state index contributed by atoms with van der Waals surface area (Å²) in [6.07, 6.45) is 4.44. The van der Waals surface area contributed by atoms with E-state index in [1.54, 1.807) is 7.11 Å². The maximum Gasteiger partial charge on any atom is 0.165 e. The van der Waals surface area contributed by atoms with Gasteiger partial charge in [0, 0.05) is 24.1 Å². The van der Waals surface area contributed by atoms with E-state index in [-0.39, 0.29) is 22.5 Å². The smallest absolute Gasteiger partial charge is 0.165 e. The summed E-state index contributed by atoms with van der Waals surface area (Å²) >= 11 is 0. The first-order chi connectivity index (χ1) is 12.9. The quantitative estimate of drug-likeness (QED) is 0.809. The van der Waals surface area contributed by atoms with Crippen LogP contribution in [0.4, 0.5) is 0 Å². The standard InChI is InChI=1S/C23H33NO3/c1-7-23(26-6)14(2)13-21(3)17-12-15-8-9-16(25-5)19-18(15)22(21,20(23)27-19)10-11-24(17)4/h8-9,14,17,20H,7,10-13H2,1-6H3/t14-,17?,20?,21+,22?,23-/m1/s1. The predicted octanol–water partition coefficient (Wildman–Crippen LogP) is 3.80. The average Bonchev–Trinajstić information content (AvgIpc) is 3.00. The van der Waals surface area contributed by atoms with Gasteiger partial charge in [-0.15, -0.1) is 0 Å². The van der Waals surface area contributed by atoms with Crippen LogP contribution >= 0.6 is 0 Å². The third-order valence-electron chi connectivity index (χ3n) is 9.06. The van der Waals surface area contributed by atoms with Crippen molar-refractivity contribution < 1.29 is 14.2 Å². The molecule has 5 rings (SSSR count). The van der Waals surface area contributed by atoms with Crippen molar-refractivity contribution in [3.8, 4) is 11.5 Å². The highest BCUT2D eigenvalue weighted by Gasteiger charge is 2.75. The van der Waals surface area contributed by atoms with Gasteiger partial charge in [0.2, 0.25) is 0 Å². The minimum atomic E-state index is -0.251. The molecule has 1 spiro atoms. The Hall–Kier alpha value is -1.26. The highest BCUT2D eigenvalue weighted by molar-refractivity contribution is 5.62. The Kier molecular flexibility index (Phi) is 3.57. The van der Waals surface area contributed by atoms with Crippen molar-refractivity contribution in [1.29, 1.82) is 0 Å². The summed E-state index contributed by atoms with van der Waals surface area (Å²) in [5.74, 6) is 2.33. The highest BCUT2D eigenvalue weighted by atomic mass is 16.6. The first-order valence-corrected chi connectivity index (χ1v) is 10.5. The number of ether oxygens (including phenoxy) is 3. The molecule has 27 heavy (non-hydrogen) atoms. The molecule has 0 radical (unpaired) electrons. The van der Waals surface area contributed by atoms with E-state index in [9.17, 15) is 0 Å². The fourth-order valence-electron chi connectivity index (χ4n) is 7.79. The molecule has 4 aliphatic rings. The zero-order chi connectivity index (χ0) is 19.2. The van der Waals surface area contributed by atoms with Gasteiger partial charge >= 0.3 is 0 Å². The van der Waals surface area contributed by atoms with Crippen molar-refractivity contribution in [3.05, 3.63) is 23.3 Å². The molecule has 4 nitrogen and oxygen atoms in total.